The Morgan fingerprint density at radius 2 is 1.62 bits per heavy atom. The maximum absolute atomic E-state index is 13.1. The molecular weight excluding hydrogens is 532 g/mol. The van der Waals surface area contributed by atoms with Crippen LogP contribution in [0, 0.1) is 6.92 Å². The normalized spacial score (nSPS) is 18.6. The van der Waals surface area contributed by atoms with E-state index in [0.717, 1.165) is 49.0 Å². The molecule has 3 atom stereocenters. The first-order valence-electron chi connectivity index (χ1n) is 14.5. The summed E-state index contributed by atoms with van der Waals surface area (Å²) in [5.41, 5.74) is 2.91. The molecule has 3 unspecified atom stereocenters. The van der Waals surface area contributed by atoms with E-state index in [2.05, 4.69) is 15.5 Å². The van der Waals surface area contributed by atoms with Gasteiger partial charge in [0.2, 0.25) is 0 Å². The molecule has 9 heteroatoms. The maximum Gasteiger partial charge on any atom is 0.253 e. The first-order chi connectivity index (χ1) is 20.3. The van der Waals surface area contributed by atoms with Crippen LogP contribution >= 0.6 is 0 Å². The largest absolute Gasteiger partial charge is 0.496 e. The maximum atomic E-state index is 13.1. The van der Waals surface area contributed by atoms with Gasteiger partial charge >= 0.3 is 0 Å². The zero-order chi connectivity index (χ0) is 29.8. The van der Waals surface area contributed by atoms with Crippen molar-refractivity contribution < 1.29 is 23.8 Å². The minimum Gasteiger partial charge on any atom is -0.496 e. The molecule has 0 saturated heterocycles. The first kappa shape index (κ1) is 29.2. The molecule has 2 aliphatic rings. The van der Waals surface area contributed by atoms with E-state index in [9.17, 15) is 9.59 Å². The number of hydrogen-bond acceptors (Lipinski definition) is 7. The van der Waals surface area contributed by atoms with Crippen LogP contribution < -0.4 is 29.7 Å². The lowest BCUT2D eigenvalue weighted by molar-refractivity contribution is 0.0929. The fourth-order valence-electron chi connectivity index (χ4n) is 5.87. The van der Waals surface area contributed by atoms with E-state index in [4.69, 9.17) is 19.2 Å². The monoisotopic (exact) mass is 572 g/mol. The van der Waals surface area contributed by atoms with Gasteiger partial charge in [-0.2, -0.15) is 0 Å². The summed E-state index contributed by atoms with van der Waals surface area (Å²) in [5.74, 6) is 2.60. The number of nitrogens with zero attached hydrogens (tertiary/aromatic N) is 2. The van der Waals surface area contributed by atoms with E-state index in [-0.39, 0.29) is 29.9 Å². The molecule has 3 aromatic rings. The Labute approximate surface area is 247 Å². The molecule has 2 fully saturated rings. The number of hydrogen-bond donors (Lipinski definition) is 2. The van der Waals surface area contributed by atoms with E-state index >= 15 is 0 Å². The fourth-order valence-corrected chi connectivity index (χ4v) is 5.87. The molecule has 1 heterocycles. The van der Waals surface area contributed by atoms with Gasteiger partial charge in [0.1, 0.15) is 11.6 Å². The lowest BCUT2D eigenvalue weighted by Crippen LogP contribution is -2.39. The number of amides is 2. The molecule has 0 spiro atoms. The summed E-state index contributed by atoms with van der Waals surface area (Å²) in [4.78, 5) is 33.2. The molecule has 2 N–H and O–H groups in total. The number of rotatable bonds is 11. The Bertz CT molecular complexity index is 1420. The second kappa shape index (κ2) is 12.7. The van der Waals surface area contributed by atoms with E-state index in [0.29, 0.717) is 34.4 Å². The van der Waals surface area contributed by atoms with Crippen molar-refractivity contribution in [3.63, 3.8) is 0 Å². The van der Waals surface area contributed by atoms with Crippen LogP contribution in [-0.2, 0) is 0 Å². The summed E-state index contributed by atoms with van der Waals surface area (Å²) in [7, 11) is 4.80. The number of carbonyl (C=O) groups is 2. The zero-order valence-electron chi connectivity index (χ0n) is 25.0. The molecular formula is C33H40N4O5. The average molecular weight is 573 g/mol. The van der Waals surface area contributed by atoms with Crippen LogP contribution in [0.2, 0.25) is 0 Å². The smallest absolute Gasteiger partial charge is 0.253 e. The van der Waals surface area contributed by atoms with E-state index < -0.39 is 0 Å². The van der Waals surface area contributed by atoms with Gasteiger partial charge in [-0.05, 0) is 87.9 Å². The first-order valence-corrected chi connectivity index (χ1v) is 14.5. The van der Waals surface area contributed by atoms with E-state index in [1.165, 1.54) is 0 Å². The molecule has 2 aliphatic carbocycles. The number of ether oxygens (including phenoxy) is 3. The van der Waals surface area contributed by atoms with Crippen molar-refractivity contribution in [1.29, 1.82) is 0 Å². The summed E-state index contributed by atoms with van der Waals surface area (Å²) in [6.07, 6.45) is 6.66. The van der Waals surface area contributed by atoms with E-state index in [1.54, 1.807) is 27.5 Å². The molecule has 0 aliphatic heterocycles. The molecule has 2 aromatic carbocycles. The molecule has 42 heavy (non-hydrogen) atoms. The van der Waals surface area contributed by atoms with Gasteiger partial charge in [0.05, 0.1) is 32.9 Å². The average Bonchev–Trinajstić information content (AvgIpc) is 3.74. The van der Waals surface area contributed by atoms with Gasteiger partial charge in [-0.25, -0.2) is 4.98 Å². The second-order valence-corrected chi connectivity index (χ2v) is 11.1. The van der Waals surface area contributed by atoms with Crippen molar-refractivity contribution >= 4 is 17.6 Å². The molecule has 2 saturated carbocycles. The molecule has 2 amide bonds. The highest BCUT2D eigenvalue weighted by Crippen LogP contribution is 2.38. The van der Waals surface area contributed by atoms with Crippen LogP contribution in [0.4, 0.5) is 5.82 Å². The van der Waals surface area contributed by atoms with Crippen molar-refractivity contribution in [2.24, 2.45) is 0 Å². The standard InChI is InChI=1S/C33H40N4O5/c1-20-27(7-6-8-28(20)40-3)33(39)36-24-11-12-26(18-24)37(25-13-14-25)31-16-10-23(19-34-31)32(38)35-21(2)22-9-15-29(41-4)30(17-22)42-5/h6-10,15-17,19,21,24-26H,11-14,18H2,1-5H3,(H,35,38)(H,36,39). The predicted octanol–water partition coefficient (Wildman–Crippen LogP) is 5.23. The lowest BCUT2D eigenvalue weighted by Gasteiger charge is -2.30. The topological polar surface area (TPSA) is 102 Å². The Hall–Kier alpha value is -4.27. The summed E-state index contributed by atoms with van der Waals surface area (Å²) in [5, 5.41) is 6.29. The van der Waals surface area contributed by atoms with Crippen LogP contribution in [-0.4, -0.2) is 56.3 Å². The van der Waals surface area contributed by atoms with Gasteiger partial charge in [-0.15, -0.1) is 0 Å². The number of carbonyl (C=O) groups excluding carboxylic acids is 2. The summed E-state index contributed by atoms with van der Waals surface area (Å²) in [6.45, 7) is 3.84. The minimum atomic E-state index is -0.230. The summed E-state index contributed by atoms with van der Waals surface area (Å²) < 4.78 is 16.1. The number of pyridine rings is 1. The quantitative estimate of drug-likeness (QED) is 0.325. The Balaban J connectivity index is 1.21. The van der Waals surface area contributed by atoms with E-state index in [1.807, 2.05) is 62.4 Å². The Morgan fingerprint density at radius 1 is 0.881 bits per heavy atom. The van der Waals surface area contributed by atoms with Gasteiger partial charge in [-0.1, -0.05) is 12.1 Å². The van der Waals surface area contributed by atoms with Crippen molar-refractivity contribution in [1.82, 2.24) is 15.6 Å². The van der Waals surface area contributed by atoms with Crippen molar-refractivity contribution in [3.05, 3.63) is 77.0 Å². The van der Waals surface area contributed by atoms with Gasteiger partial charge in [-0.3, -0.25) is 9.59 Å². The highest BCUT2D eigenvalue weighted by atomic mass is 16.5. The van der Waals surface area contributed by atoms with Crippen LogP contribution in [0.1, 0.15) is 76.9 Å². The molecule has 222 valence electrons. The van der Waals surface area contributed by atoms with Crippen molar-refractivity contribution in [2.45, 2.75) is 70.1 Å². The van der Waals surface area contributed by atoms with Crippen LogP contribution in [0.5, 0.6) is 17.2 Å². The Kier molecular flexibility index (Phi) is 8.85. The molecule has 0 radical (unpaired) electrons. The minimum absolute atomic E-state index is 0.0641. The number of benzene rings is 2. The second-order valence-electron chi connectivity index (χ2n) is 11.1. The predicted molar refractivity (Wildman–Crippen MR) is 162 cm³/mol. The summed E-state index contributed by atoms with van der Waals surface area (Å²) >= 11 is 0. The number of anilines is 1. The van der Waals surface area contributed by atoms with Crippen LogP contribution in [0.15, 0.2) is 54.7 Å². The third-order valence-electron chi connectivity index (χ3n) is 8.35. The fraction of sp³-hybridized carbons (Fsp3) is 0.424. The van der Waals surface area contributed by atoms with Gasteiger partial charge in [0.15, 0.2) is 11.5 Å². The van der Waals surface area contributed by atoms with Crippen molar-refractivity contribution in [3.8, 4) is 17.2 Å². The number of methoxy groups -OCH3 is 3. The van der Waals surface area contributed by atoms with Gasteiger partial charge < -0.3 is 29.7 Å². The van der Waals surface area contributed by atoms with Gasteiger partial charge in [0, 0.05) is 35.4 Å². The summed E-state index contributed by atoms with van der Waals surface area (Å²) in [6, 6.07) is 15.5. The Morgan fingerprint density at radius 3 is 2.29 bits per heavy atom. The SMILES string of the molecule is COc1ccc(C(C)NC(=O)c2ccc(N(C3CC3)C3CCC(NC(=O)c4cccc(OC)c4C)C3)nc2)cc1OC. The van der Waals surface area contributed by atoms with Crippen molar-refractivity contribution in [2.75, 3.05) is 26.2 Å². The highest BCUT2D eigenvalue weighted by Gasteiger charge is 2.39. The number of nitrogens with one attached hydrogen (secondary N) is 2. The third kappa shape index (κ3) is 6.30. The molecule has 1 aromatic heterocycles. The molecule has 0 bridgehead atoms. The lowest BCUT2D eigenvalue weighted by atomic mass is 10.1. The van der Waals surface area contributed by atoms with Gasteiger partial charge in [0.25, 0.3) is 11.8 Å². The van der Waals surface area contributed by atoms with Crippen LogP contribution in [0.25, 0.3) is 0 Å². The highest BCUT2D eigenvalue weighted by molar-refractivity contribution is 5.96. The zero-order valence-corrected chi connectivity index (χ0v) is 25.0. The number of aromatic nitrogens is 1. The third-order valence-corrected chi connectivity index (χ3v) is 8.35. The van der Waals surface area contributed by atoms with Crippen LogP contribution in [0.3, 0.4) is 0 Å². The molecule has 5 rings (SSSR count). The molecule has 9 nitrogen and oxygen atoms in total.